The van der Waals surface area contributed by atoms with Crippen molar-refractivity contribution in [2.45, 2.75) is 13.0 Å². The zero-order valence-electron chi connectivity index (χ0n) is 16.1. The third-order valence-corrected chi connectivity index (χ3v) is 4.70. The lowest BCUT2D eigenvalue weighted by molar-refractivity contribution is -0.131. The first-order valence-corrected chi connectivity index (χ1v) is 9.36. The van der Waals surface area contributed by atoms with Crippen LogP contribution >= 0.6 is 0 Å². The molecule has 7 heteroatoms. The molecule has 0 radical (unpaired) electrons. The van der Waals surface area contributed by atoms with Crippen LogP contribution in [0.15, 0.2) is 66.7 Å². The van der Waals surface area contributed by atoms with E-state index in [-0.39, 0.29) is 12.2 Å². The van der Waals surface area contributed by atoms with Gasteiger partial charge in [-0.3, -0.25) is 20.4 Å². The van der Waals surface area contributed by atoms with Crippen molar-refractivity contribution in [3.63, 3.8) is 0 Å². The number of ether oxygens (including phenoxy) is 2. The molecular formula is C23H19FN2O4. The zero-order valence-corrected chi connectivity index (χ0v) is 16.1. The number of rotatable bonds is 3. The summed E-state index contributed by atoms with van der Waals surface area (Å²) in [6.45, 7) is 1.97. The average Bonchev–Trinajstić information content (AvgIpc) is 2.77. The summed E-state index contributed by atoms with van der Waals surface area (Å²) < 4.78 is 25.5. The highest BCUT2D eigenvalue weighted by molar-refractivity contribution is 5.96. The van der Waals surface area contributed by atoms with E-state index >= 15 is 0 Å². The molecule has 30 heavy (non-hydrogen) atoms. The molecule has 6 nitrogen and oxygen atoms in total. The van der Waals surface area contributed by atoms with Crippen molar-refractivity contribution >= 4 is 11.8 Å². The molecule has 0 bridgehead atoms. The van der Waals surface area contributed by atoms with Crippen LogP contribution in [-0.2, 0) is 4.79 Å². The molecule has 0 spiro atoms. The Morgan fingerprint density at radius 1 is 0.933 bits per heavy atom. The topological polar surface area (TPSA) is 76.7 Å². The number of hydrogen-bond donors (Lipinski definition) is 2. The predicted octanol–water partition coefficient (Wildman–Crippen LogP) is 3.40. The van der Waals surface area contributed by atoms with Gasteiger partial charge in [-0.05, 0) is 42.3 Å². The van der Waals surface area contributed by atoms with Gasteiger partial charge in [-0.2, -0.15) is 0 Å². The summed E-state index contributed by atoms with van der Waals surface area (Å²) in [7, 11) is 0. The summed E-state index contributed by atoms with van der Waals surface area (Å²) >= 11 is 0. The van der Waals surface area contributed by atoms with Gasteiger partial charge in [0.1, 0.15) is 12.4 Å². The maximum atomic E-state index is 14.5. The first-order valence-electron chi connectivity index (χ1n) is 9.36. The first-order chi connectivity index (χ1) is 14.5. The van der Waals surface area contributed by atoms with Gasteiger partial charge in [-0.1, -0.05) is 48.0 Å². The molecule has 3 aromatic rings. The van der Waals surface area contributed by atoms with Crippen molar-refractivity contribution in [1.29, 1.82) is 0 Å². The second-order valence-corrected chi connectivity index (χ2v) is 6.87. The highest BCUT2D eigenvalue weighted by Gasteiger charge is 2.27. The van der Waals surface area contributed by atoms with Crippen LogP contribution in [-0.4, -0.2) is 24.5 Å². The molecule has 0 fully saturated rings. The van der Waals surface area contributed by atoms with E-state index in [0.717, 1.165) is 11.1 Å². The minimum atomic E-state index is -0.936. The van der Waals surface area contributed by atoms with Crippen molar-refractivity contribution in [1.82, 2.24) is 10.9 Å². The summed E-state index contributed by atoms with van der Waals surface area (Å²) in [5, 5.41) is 0. The Morgan fingerprint density at radius 3 is 2.37 bits per heavy atom. The maximum Gasteiger partial charge on any atom is 0.283 e. The fourth-order valence-corrected chi connectivity index (χ4v) is 3.04. The number of halogens is 1. The van der Waals surface area contributed by atoms with Gasteiger partial charge >= 0.3 is 0 Å². The third-order valence-electron chi connectivity index (χ3n) is 4.70. The van der Waals surface area contributed by atoms with Gasteiger partial charge in [0.2, 0.25) is 6.10 Å². The van der Waals surface area contributed by atoms with Crippen molar-refractivity contribution < 1.29 is 23.5 Å². The van der Waals surface area contributed by atoms with Crippen LogP contribution in [0.25, 0.3) is 11.1 Å². The number of hydrogen-bond acceptors (Lipinski definition) is 4. The van der Waals surface area contributed by atoms with E-state index < -0.39 is 23.7 Å². The number of nitrogens with one attached hydrogen (secondary N) is 2. The Balaban J connectivity index is 1.38. The van der Waals surface area contributed by atoms with Gasteiger partial charge in [-0.15, -0.1) is 0 Å². The van der Waals surface area contributed by atoms with Crippen molar-refractivity contribution in [2.24, 2.45) is 0 Å². The lowest BCUT2D eigenvalue weighted by Crippen LogP contribution is -2.51. The predicted molar refractivity (Wildman–Crippen MR) is 109 cm³/mol. The molecule has 1 atom stereocenters. The van der Waals surface area contributed by atoms with Crippen LogP contribution < -0.4 is 20.3 Å². The monoisotopic (exact) mass is 406 g/mol. The fourth-order valence-electron chi connectivity index (χ4n) is 3.04. The molecule has 1 aliphatic heterocycles. The van der Waals surface area contributed by atoms with Gasteiger partial charge < -0.3 is 9.47 Å². The molecule has 0 aromatic heterocycles. The molecule has 3 aromatic carbocycles. The van der Waals surface area contributed by atoms with E-state index in [0.29, 0.717) is 17.1 Å². The summed E-state index contributed by atoms with van der Waals surface area (Å²) in [6, 6.07) is 18.9. The number of fused-ring (bicyclic) bond motifs is 1. The number of carbonyl (C=O) groups is 2. The summed E-state index contributed by atoms with van der Waals surface area (Å²) in [5.74, 6) is -1.08. The molecule has 0 saturated heterocycles. The fraction of sp³-hybridized carbons (Fsp3) is 0.130. The van der Waals surface area contributed by atoms with E-state index in [1.165, 1.54) is 12.1 Å². The molecule has 152 valence electrons. The molecule has 4 rings (SSSR count). The Morgan fingerprint density at radius 2 is 1.63 bits per heavy atom. The number of benzene rings is 3. The van der Waals surface area contributed by atoms with E-state index in [2.05, 4.69) is 10.9 Å². The summed E-state index contributed by atoms with van der Waals surface area (Å²) in [4.78, 5) is 24.6. The normalized spacial score (nSPS) is 14.7. The maximum absolute atomic E-state index is 14.5. The average molecular weight is 406 g/mol. The number of para-hydroxylation sites is 2. The van der Waals surface area contributed by atoms with Gasteiger partial charge in [0, 0.05) is 0 Å². The van der Waals surface area contributed by atoms with Gasteiger partial charge in [0.15, 0.2) is 11.5 Å². The lowest BCUT2D eigenvalue weighted by atomic mass is 10.0. The van der Waals surface area contributed by atoms with Crippen LogP contribution in [0.4, 0.5) is 4.39 Å². The van der Waals surface area contributed by atoms with Crippen molar-refractivity contribution in [3.8, 4) is 22.6 Å². The molecule has 0 aliphatic carbocycles. The summed E-state index contributed by atoms with van der Waals surface area (Å²) in [6.07, 6.45) is -0.936. The van der Waals surface area contributed by atoms with E-state index in [4.69, 9.17) is 9.47 Å². The second kappa shape index (κ2) is 8.24. The molecule has 2 amide bonds. The Bertz CT molecular complexity index is 1100. The highest BCUT2D eigenvalue weighted by Crippen LogP contribution is 2.30. The molecular weight excluding hydrogens is 387 g/mol. The largest absolute Gasteiger partial charge is 0.485 e. The van der Waals surface area contributed by atoms with E-state index in [9.17, 15) is 14.0 Å². The van der Waals surface area contributed by atoms with Gasteiger partial charge in [0.05, 0.1) is 5.56 Å². The molecule has 1 aliphatic rings. The minimum Gasteiger partial charge on any atom is -0.485 e. The van der Waals surface area contributed by atoms with Gasteiger partial charge in [-0.25, -0.2) is 4.39 Å². The Labute approximate surface area is 172 Å². The number of carbonyl (C=O) groups excluding carboxylic acids is 2. The lowest BCUT2D eigenvalue weighted by Gasteiger charge is -2.25. The highest BCUT2D eigenvalue weighted by atomic mass is 19.1. The quantitative estimate of drug-likeness (QED) is 0.654. The van der Waals surface area contributed by atoms with E-state index in [1.807, 2.05) is 31.2 Å². The minimum absolute atomic E-state index is 0.00166. The van der Waals surface area contributed by atoms with Crippen molar-refractivity contribution in [3.05, 3.63) is 83.7 Å². The zero-order chi connectivity index (χ0) is 21.1. The van der Waals surface area contributed by atoms with Crippen LogP contribution in [0.5, 0.6) is 11.5 Å². The number of aryl methyl sites for hydroxylation is 1. The van der Waals surface area contributed by atoms with Crippen LogP contribution in [0.2, 0.25) is 0 Å². The van der Waals surface area contributed by atoms with Crippen LogP contribution in [0.3, 0.4) is 0 Å². The SMILES string of the molecule is Cc1ccc(-c2ccc(C(=O)NNC(=O)C3COc4ccccc4O3)c(F)c2)cc1. The van der Waals surface area contributed by atoms with Crippen molar-refractivity contribution in [2.75, 3.05) is 6.61 Å². The molecule has 2 N–H and O–H groups in total. The molecule has 0 saturated carbocycles. The molecule has 1 unspecified atom stereocenters. The second-order valence-electron chi connectivity index (χ2n) is 6.87. The standard InChI is InChI=1S/C23H19FN2O4/c1-14-6-8-15(9-7-14)16-10-11-17(18(24)12-16)22(27)25-26-23(28)21-13-29-19-4-2-3-5-20(19)30-21/h2-12,21H,13H2,1H3,(H,25,27)(H,26,28). The Kier molecular flexibility index (Phi) is 5.34. The van der Waals surface area contributed by atoms with E-state index in [1.54, 1.807) is 30.3 Å². The first kappa shape index (κ1) is 19.4. The summed E-state index contributed by atoms with van der Waals surface area (Å²) in [5.41, 5.74) is 6.87. The smallest absolute Gasteiger partial charge is 0.283 e. The third kappa shape index (κ3) is 4.10. The van der Waals surface area contributed by atoms with Crippen LogP contribution in [0, 0.1) is 12.7 Å². The van der Waals surface area contributed by atoms with Crippen LogP contribution in [0.1, 0.15) is 15.9 Å². The number of amides is 2. The Hall–Kier alpha value is -3.87. The molecule has 1 heterocycles. The van der Waals surface area contributed by atoms with Gasteiger partial charge in [0.25, 0.3) is 11.8 Å². The number of hydrazine groups is 1.